The summed E-state index contributed by atoms with van der Waals surface area (Å²) >= 11 is 0. The van der Waals surface area contributed by atoms with E-state index in [1.807, 2.05) is 18.2 Å². The van der Waals surface area contributed by atoms with Crippen molar-refractivity contribution in [1.82, 2.24) is 19.5 Å². The minimum absolute atomic E-state index is 0.0264. The SMILES string of the molecule is COC(=O)c1cc2c(cn1)nc(CC1CC=C(c3cccc(OCc4ccc(C#N)cc4F)n3)CC1)n2CC1CCO1. The summed E-state index contributed by atoms with van der Waals surface area (Å²) in [7, 11) is 1.35. The maximum absolute atomic E-state index is 14.2. The standard InChI is InChI=1S/C32H30FN5O4/c1-40-32(39)27-15-29-28(17-35-27)36-30(38(29)18-24-11-12-41-24)14-20-5-8-22(9-6-20)26-3-2-4-31(37-26)42-19-23-10-7-21(16-34)13-25(23)33/h2-4,7-8,10,13,15,17,20,24H,5-6,9,11-12,14,18-19H2,1H3. The second-order valence-corrected chi connectivity index (χ2v) is 10.6. The van der Waals surface area contributed by atoms with Crippen LogP contribution in [0.2, 0.25) is 0 Å². The van der Waals surface area contributed by atoms with Gasteiger partial charge in [0.15, 0.2) is 5.69 Å². The number of allylic oxidation sites excluding steroid dienone is 2. The quantitative estimate of drug-likeness (QED) is 0.247. The van der Waals surface area contributed by atoms with Crippen LogP contribution in [0.1, 0.15) is 58.8 Å². The average Bonchev–Trinajstić information content (AvgIpc) is 3.34. The second-order valence-electron chi connectivity index (χ2n) is 10.6. The predicted octanol–water partition coefficient (Wildman–Crippen LogP) is 5.42. The molecule has 42 heavy (non-hydrogen) atoms. The summed E-state index contributed by atoms with van der Waals surface area (Å²) in [6.45, 7) is 1.48. The fraction of sp³-hybridized carbons (Fsp3) is 0.344. The number of methoxy groups -OCH3 is 1. The molecule has 0 amide bonds. The molecule has 214 valence electrons. The molecule has 1 aliphatic carbocycles. The van der Waals surface area contributed by atoms with Crippen LogP contribution in [0, 0.1) is 23.1 Å². The van der Waals surface area contributed by atoms with Gasteiger partial charge in [-0.1, -0.05) is 18.2 Å². The van der Waals surface area contributed by atoms with Gasteiger partial charge in [0, 0.05) is 24.7 Å². The van der Waals surface area contributed by atoms with E-state index >= 15 is 0 Å². The van der Waals surface area contributed by atoms with Crippen LogP contribution >= 0.6 is 0 Å². The lowest BCUT2D eigenvalue weighted by molar-refractivity contribution is -0.0590. The lowest BCUT2D eigenvalue weighted by Crippen LogP contribution is -2.32. The van der Waals surface area contributed by atoms with Crippen molar-refractivity contribution in [3.05, 3.63) is 88.9 Å². The highest BCUT2D eigenvalue weighted by atomic mass is 19.1. The third-order valence-corrected chi connectivity index (χ3v) is 7.89. The molecule has 2 aliphatic rings. The van der Waals surface area contributed by atoms with Gasteiger partial charge in [0.05, 0.1) is 48.8 Å². The number of esters is 1. The van der Waals surface area contributed by atoms with Crippen LogP contribution in [0.4, 0.5) is 4.39 Å². The van der Waals surface area contributed by atoms with Gasteiger partial charge in [0.25, 0.3) is 0 Å². The maximum atomic E-state index is 14.2. The van der Waals surface area contributed by atoms with Crippen LogP contribution < -0.4 is 4.74 Å². The third-order valence-electron chi connectivity index (χ3n) is 7.89. The van der Waals surface area contributed by atoms with E-state index in [9.17, 15) is 9.18 Å². The average molecular weight is 568 g/mol. The summed E-state index contributed by atoms with van der Waals surface area (Å²) in [5.74, 6) is 0.847. The van der Waals surface area contributed by atoms with Crippen molar-refractivity contribution in [1.29, 1.82) is 5.26 Å². The van der Waals surface area contributed by atoms with Crippen molar-refractivity contribution in [3.63, 3.8) is 0 Å². The molecule has 1 aromatic carbocycles. The number of rotatable bonds is 9. The van der Waals surface area contributed by atoms with Gasteiger partial charge in [-0.05, 0) is 61.4 Å². The highest BCUT2D eigenvalue weighted by Crippen LogP contribution is 2.33. The van der Waals surface area contributed by atoms with Crippen LogP contribution in [-0.2, 0) is 29.0 Å². The Balaban J connectivity index is 1.14. The zero-order valence-corrected chi connectivity index (χ0v) is 23.3. The minimum atomic E-state index is -0.472. The van der Waals surface area contributed by atoms with E-state index in [4.69, 9.17) is 24.5 Å². The highest BCUT2D eigenvalue weighted by molar-refractivity contribution is 5.91. The molecule has 0 N–H and O–H groups in total. The van der Waals surface area contributed by atoms with Crippen molar-refractivity contribution >= 4 is 22.6 Å². The van der Waals surface area contributed by atoms with Crippen molar-refractivity contribution in [2.45, 2.75) is 51.4 Å². The molecule has 0 bridgehead atoms. The van der Waals surface area contributed by atoms with Gasteiger partial charge in [-0.15, -0.1) is 0 Å². The van der Waals surface area contributed by atoms with E-state index in [1.54, 1.807) is 30.5 Å². The number of aromatic nitrogens is 4. The normalized spacial score (nSPS) is 18.2. The Labute approximate surface area is 242 Å². The number of imidazole rings is 1. The molecule has 1 saturated heterocycles. The van der Waals surface area contributed by atoms with Gasteiger partial charge in [-0.25, -0.2) is 24.1 Å². The first-order chi connectivity index (χ1) is 20.5. The molecule has 0 saturated carbocycles. The molecule has 2 unspecified atom stereocenters. The van der Waals surface area contributed by atoms with Crippen LogP contribution in [0.5, 0.6) is 5.88 Å². The Morgan fingerprint density at radius 1 is 1.21 bits per heavy atom. The highest BCUT2D eigenvalue weighted by Gasteiger charge is 2.25. The van der Waals surface area contributed by atoms with E-state index in [-0.39, 0.29) is 24.0 Å². The van der Waals surface area contributed by atoms with E-state index < -0.39 is 11.8 Å². The van der Waals surface area contributed by atoms with E-state index in [0.29, 0.717) is 23.9 Å². The van der Waals surface area contributed by atoms with Gasteiger partial charge in [0.1, 0.15) is 23.8 Å². The van der Waals surface area contributed by atoms with Crippen molar-refractivity contribution < 1.29 is 23.4 Å². The summed E-state index contributed by atoms with van der Waals surface area (Å²) in [5, 5.41) is 8.94. The monoisotopic (exact) mass is 567 g/mol. The second kappa shape index (κ2) is 12.1. The Bertz CT molecular complexity index is 1710. The number of carbonyl (C=O) groups is 1. The smallest absolute Gasteiger partial charge is 0.356 e. The van der Waals surface area contributed by atoms with Gasteiger partial charge >= 0.3 is 5.97 Å². The number of pyridine rings is 2. The number of nitrogens with zero attached hydrogens (tertiary/aromatic N) is 5. The fourth-order valence-corrected chi connectivity index (χ4v) is 5.41. The lowest BCUT2D eigenvalue weighted by Gasteiger charge is -2.28. The molecule has 4 heterocycles. The molecule has 0 spiro atoms. The number of fused-ring (bicyclic) bond motifs is 1. The van der Waals surface area contributed by atoms with Crippen LogP contribution in [-0.4, -0.2) is 45.3 Å². The molecule has 4 aromatic rings. The molecule has 0 radical (unpaired) electrons. The summed E-state index contributed by atoms with van der Waals surface area (Å²) in [6.07, 6.45) is 8.54. The van der Waals surface area contributed by atoms with Crippen LogP contribution in [0.3, 0.4) is 0 Å². The Kier molecular flexibility index (Phi) is 7.93. The van der Waals surface area contributed by atoms with Gasteiger partial charge in [-0.3, -0.25) is 0 Å². The molecule has 1 aliphatic heterocycles. The molecule has 3 aromatic heterocycles. The number of carbonyl (C=O) groups excluding carboxylic acids is 1. The first kappa shape index (κ1) is 27.5. The molecular formula is C32H30FN5O4. The Hall–Kier alpha value is -4.62. The zero-order valence-electron chi connectivity index (χ0n) is 23.3. The number of benzene rings is 1. The largest absolute Gasteiger partial charge is 0.473 e. The third kappa shape index (κ3) is 5.87. The topological polar surface area (TPSA) is 112 Å². The molecule has 1 fully saturated rings. The first-order valence-corrected chi connectivity index (χ1v) is 14.0. The molecular weight excluding hydrogens is 537 g/mol. The van der Waals surface area contributed by atoms with Gasteiger partial charge < -0.3 is 18.8 Å². The van der Waals surface area contributed by atoms with E-state index in [1.165, 1.54) is 13.2 Å². The van der Waals surface area contributed by atoms with E-state index in [0.717, 1.165) is 66.8 Å². The summed E-state index contributed by atoms with van der Waals surface area (Å²) < 4.78 is 32.8. The van der Waals surface area contributed by atoms with Gasteiger partial charge in [0.2, 0.25) is 5.88 Å². The molecule has 10 heteroatoms. The summed E-state index contributed by atoms with van der Waals surface area (Å²) in [5.41, 5.74) is 4.53. The maximum Gasteiger partial charge on any atom is 0.356 e. The zero-order chi connectivity index (χ0) is 29.1. The molecule has 6 rings (SSSR count). The minimum Gasteiger partial charge on any atom is -0.473 e. The van der Waals surface area contributed by atoms with Gasteiger partial charge in [-0.2, -0.15) is 5.26 Å². The number of hydrogen-bond donors (Lipinski definition) is 0. The molecule has 2 atom stereocenters. The number of halogens is 1. The number of nitriles is 1. The van der Waals surface area contributed by atoms with Crippen molar-refractivity contribution in [3.8, 4) is 11.9 Å². The fourth-order valence-electron chi connectivity index (χ4n) is 5.41. The predicted molar refractivity (Wildman–Crippen MR) is 152 cm³/mol. The Morgan fingerprint density at radius 3 is 2.81 bits per heavy atom. The van der Waals surface area contributed by atoms with Crippen molar-refractivity contribution in [2.75, 3.05) is 13.7 Å². The van der Waals surface area contributed by atoms with Crippen LogP contribution in [0.15, 0.2) is 54.7 Å². The summed E-state index contributed by atoms with van der Waals surface area (Å²) in [6, 6.07) is 13.6. The number of ether oxygens (including phenoxy) is 3. The Morgan fingerprint density at radius 2 is 2.10 bits per heavy atom. The van der Waals surface area contributed by atoms with Crippen molar-refractivity contribution in [2.24, 2.45) is 5.92 Å². The van der Waals surface area contributed by atoms with Crippen LogP contribution in [0.25, 0.3) is 16.6 Å². The number of hydrogen-bond acceptors (Lipinski definition) is 8. The van der Waals surface area contributed by atoms with E-state index in [2.05, 4.69) is 20.6 Å². The summed E-state index contributed by atoms with van der Waals surface area (Å²) in [4.78, 5) is 25.9. The first-order valence-electron chi connectivity index (χ1n) is 14.0. The lowest BCUT2D eigenvalue weighted by atomic mass is 9.86. The molecule has 9 nitrogen and oxygen atoms in total.